The Balaban J connectivity index is 1.72. The van der Waals surface area contributed by atoms with Crippen molar-refractivity contribution >= 4 is 33.2 Å². The van der Waals surface area contributed by atoms with Gasteiger partial charge in [0.2, 0.25) is 5.91 Å². The molecule has 5 nitrogen and oxygen atoms in total. The van der Waals surface area contributed by atoms with E-state index in [1.165, 1.54) is 0 Å². The van der Waals surface area contributed by atoms with Gasteiger partial charge in [-0.1, -0.05) is 6.07 Å². The van der Waals surface area contributed by atoms with Crippen LogP contribution in [0.5, 0.6) is 11.5 Å². The van der Waals surface area contributed by atoms with E-state index in [9.17, 15) is 4.79 Å². The zero-order valence-electron chi connectivity index (χ0n) is 14.3. The van der Waals surface area contributed by atoms with Gasteiger partial charge in [-0.25, -0.2) is 0 Å². The van der Waals surface area contributed by atoms with Crippen LogP contribution in [-0.4, -0.2) is 32.2 Å². The highest BCUT2D eigenvalue weighted by atomic mass is 79.9. The molecule has 3 rings (SSSR count). The predicted octanol–water partition coefficient (Wildman–Crippen LogP) is 4.07. The molecule has 1 unspecified atom stereocenters. The van der Waals surface area contributed by atoms with Crippen molar-refractivity contribution < 1.29 is 14.3 Å². The molecular formula is C19H21BrN2O3. The molecule has 6 heteroatoms. The molecule has 1 amide bonds. The molecule has 1 heterocycles. The second kappa shape index (κ2) is 7.78. The van der Waals surface area contributed by atoms with E-state index in [0.717, 1.165) is 28.0 Å². The largest absolute Gasteiger partial charge is 0.495 e. The van der Waals surface area contributed by atoms with Crippen molar-refractivity contribution in [2.45, 2.75) is 19.4 Å². The monoisotopic (exact) mass is 404 g/mol. The SMILES string of the molecule is CCOc1cccc(NC2CCN(c3ccc(Br)c(OC)c3)C2=O)c1. The lowest BCUT2D eigenvalue weighted by atomic mass is 10.2. The van der Waals surface area contributed by atoms with Crippen molar-refractivity contribution in [3.05, 3.63) is 46.9 Å². The predicted molar refractivity (Wildman–Crippen MR) is 103 cm³/mol. The maximum absolute atomic E-state index is 12.8. The Morgan fingerprint density at radius 3 is 2.88 bits per heavy atom. The number of hydrogen-bond donors (Lipinski definition) is 1. The molecule has 132 valence electrons. The summed E-state index contributed by atoms with van der Waals surface area (Å²) in [5, 5.41) is 3.32. The molecule has 0 aliphatic carbocycles. The molecule has 1 fully saturated rings. The number of halogens is 1. The second-order valence-electron chi connectivity index (χ2n) is 5.76. The molecular weight excluding hydrogens is 384 g/mol. The highest BCUT2D eigenvalue weighted by Crippen LogP contribution is 2.32. The Morgan fingerprint density at radius 1 is 1.28 bits per heavy atom. The average molecular weight is 405 g/mol. The van der Waals surface area contributed by atoms with Gasteiger partial charge in [0.1, 0.15) is 17.5 Å². The number of benzene rings is 2. The van der Waals surface area contributed by atoms with Crippen LogP contribution in [0, 0.1) is 0 Å². The molecule has 0 spiro atoms. The van der Waals surface area contributed by atoms with Gasteiger partial charge < -0.3 is 19.7 Å². The number of hydrogen-bond acceptors (Lipinski definition) is 4. The van der Waals surface area contributed by atoms with Gasteiger partial charge in [-0.2, -0.15) is 0 Å². The van der Waals surface area contributed by atoms with E-state index in [0.29, 0.717) is 18.9 Å². The summed E-state index contributed by atoms with van der Waals surface area (Å²) in [6.45, 7) is 3.24. The normalized spacial score (nSPS) is 16.8. The number of anilines is 2. The molecule has 25 heavy (non-hydrogen) atoms. The van der Waals surface area contributed by atoms with Crippen molar-refractivity contribution in [1.82, 2.24) is 0 Å². The number of carbonyl (C=O) groups is 1. The Bertz CT molecular complexity index is 766. The van der Waals surface area contributed by atoms with Gasteiger partial charge in [0, 0.05) is 30.1 Å². The second-order valence-corrected chi connectivity index (χ2v) is 6.61. The van der Waals surface area contributed by atoms with Crippen LogP contribution < -0.4 is 19.7 Å². The molecule has 1 atom stereocenters. The minimum absolute atomic E-state index is 0.0613. The van der Waals surface area contributed by atoms with E-state index in [1.54, 1.807) is 12.0 Å². The third-order valence-electron chi connectivity index (χ3n) is 4.14. The number of nitrogens with one attached hydrogen (secondary N) is 1. The molecule has 1 N–H and O–H groups in total. The standard InChI is InChI=1S/C19H21BrN2O3/c1-3-25-15-6-4-5-13(11-15)21-17-9-10-22(19(17)23)14-7-8-16(20)18(12-14)24-2/h4-8,11-12,17,21H,3,9-10H2,1-2H3. The quantitative estimate of drug-likeness (QED) is 0.787. The minimum Gasteiger partial charge on any atom is -0.495 e. The van der Waals surface area contributed by atoms with Gasteiger partial charge in [0.15, 0.2) is 0 Å². The highest BCUT2D eigenvalue weighted by Gasteiger charge is 2.32. The fourth-order valence-electron chi connectivity index (χ4n) is 2.93. The first kappa shape index (κ1) is 17.6. The fraction of sp³-hybridized carbons (Fsp3) is 0.316. The van der Waals surface area contributed by atoms with Gasteiger partial charge in [-0.15, -0.1) is 0 Å². The molecule has 0 saturated carbocycles. The third kappa shape index (κ3) is 3.90. The van der Waals surface area contributed by atoms with Crippen LogP contribution in [0.4, 0.5) is 11.4 Å². The fourth-order valence-corrected chi connectivity index (χ4v) is 3.34. The summed E-state index contributed by atoms with van der Waals surface area (Å²) < 4.78 is 11.7. The van der Waals surface area contributed by atoms with Crippen LogP contribution >= 0.6 is 15.9 Å². The smallest absolute Gasteiger partial charge is 0.249 e. The Hall–Kier alpha value is -2.21. The number of amides is 1. The Morgan fingerprint density at radius 2 is 2.12 bits per heavy atom. The summed E-state index contributed by atoms with van der Waals surface area (Å²) in [5.41, 5.74) is 1.73. The highest BCUT2D eigenvalue weighted by molar-refractivity contribution is 9.10. The Labute approximate surface area is 156 Å². The van der Waals surface area contributed by atoms with Gasteiger partial charge in [0.05, 0.1) is 18.2 Å². The first-order valence-electron chi connectivity index (χ1n) is 8.26. The number of nitrogens with zero attached hydrogens (tertiary/aromatic N) is 1. The number of rotatable bonds is 6. The van der Waals surface area contributed by atoms with E-state index in [-0.39, 0.29) is 11.9 Å². The zero-order valence-corrected chi connectivity index (χ0v) is 15.9. The van der Waals surface area contributed by atoms with Gasteiger partial charge in [0.25, 0.3) is 0 Å². The van der Waals surface area contributed by atoms with Crippen LogP contribution in [-0.2, 0) is 4.79 Å². The molecule has 1 aliphatic heterocycles. The molecule has 0 bridgehead atoms. The van der Waals surface area contributed by atoms with E-state index in [1.807, 2.05) is 49.4 Å². The summed E-state index contributed by atoms with van der Waals surface area (Å²) in [6, 6.07) is 13.1. The third-order valence-corrected chi connectivity index (χ3v) is 4.79. The van der Waals surface area contributed by atoms with Crippen LogP contribution in [0.15, 0.2) is 46.9 Å². The summed E-state index contributed by atoms with van der Waals surface area (Å²) in [7, 11) is 1.62. The molecule has 2 aromatic rings. The van der Waals surface area contributed by atoms with Crippen molar-refractivity contribution in [2.75, 3.05) is 30.5 Å². The summed E-state index contributed by atoms with van der Waals surface area (Å²) in [6.07, 6.45) is 0.746. The van der Waals surface area contributed by atoms with Gasteiger partial charge in [-0.05, 0) is 53.5 Å². The lowest BCUT2D eigenvalue weighted by Gasteiger charge is -2.19. The van der Waals surface area contributed by atoms with E-state index < -0.39 is 0 Å². The molecule has 1 aliphatic rings. The summed E-state index contributed by atoms with van der Waals surface area (Å²) >= 11 is 3.44. The van der Waals surface area contributed by atoms with Gasteiger partial charge in [-0.3, -0.25) is 4.79 Å². The number of ether oxygens (including phenoxy) is 2. The number of carbonyl (C=O) groups excluding carboxylic acids is 1. The minimum atomic E-state index is -0.244. The van der Waals surface area contributed by atoms with Crippen molar-refractivity contribution in [3.63, 3.8) is 0 Å². The Kier molecular flexibility index (Phi) is 5.48. The van der Waals surface area contributed by atoms with Crippen molar-refractivity contribution in [1.29, 1.82) is 0 Å². The van der Waals surface area contributed by atoms with E-state index >= 15 is 0 Å². The number of methoxy groups -OCH3 is 1. The molecule has 0 radical (unpaired) electrons. The topological polar surface area (TPSA) is 50.8 Å². The molecule has 0 aromatic heterocycles. The first-order chi connectivity index (χ1) is 12.1. The zero-order chi connectivity index (χ0) is 17.8. The van der Waals surface area contributed by atoms with Crippen LogP contribution in [0.3, 0.4) is 0 Å². The summed E-state index contributed by atoms with van der Waals surface area (Å²) in [4.78, 5) is 14.6. The van der Waals surface area contributed by atoms with Crippen LogP contribution in [0.25, 0.3) is 0 Å². The molecule has 2 aromatic carbocycles. The maximum Gasteiger partial charge on any atom is 0.249 e. The van der Waals surface area contributed by atoms with Crippen LogP contribution in [0.1, 0.15) is 13.3 Å². The maximum atomic E-state index is 12.8. The van der Waals surface area contributed by atoms with E-state index in [4.69, 9.17) is 9.47 Å². The average Bonchev–Trinajstić information content (AvgIpc) is 2.97. The lowest BCUT2D eigenvalue weighted by molar-refractivity contribution is -0.117. The lowest BCUT2D eigenvalue weighted by Crippen LogP contribution is -2.33. The van der Waals surface area contributed by atoms with Crippen molar-refractivity contribution in [2.24, 2.45) is 0 Å². The van der Waals surface area contributed by atoms with E-state index in [2.05, 4.69) is 21.2 Å². The first-order valence-corrected chi connectivity index (χ1v) is 9.06. The van der Waals surface area contributed by atoms with Crippen molar-refractivity contribution in [3.8, 4) is 11.5 Å². The van der Waals surface area contributed by atoms with Crippen LogP contribution in [0.2, 0.25) is 0 Å². The van der Waals surface area contributed by atoms with Gasteiger partial charge >= 0.3 is 0 Å². The summed E-state index contributed by atoms with van der Waals surface area (Å²) in [5.74, 6) is 1.57. The molecule has 1 saturated heterocycles.